The lowest BCUT2D eigenvalue weighted by Crippen LogP contribution is -2.54. The highest BCUT2D eigenvalue weighted by molar-refractivity contribution is 5.92. The Morgan fingerprint density at radius 3 is 2.42 bits per heavy atom. The van der Waals surface area contributed by atoms with Crippen LogP contribution in [0.5, 0.6) is 0 Å². The number of hydrogen-bond donors (Lipinski definition) is 0. The number of pyridine rings is 2. The molecule has 1 saturated heterocycles. The first-order chi connectivity index (χ1) is 21.3. The molecule has 1 aromatic carbocycles. The number of aromatic nitrogens is 4. The van der Waals surface area contributed by atoms with Crippen molar-refractivity contribution >= 4 is 28.8 Å². The van der Waals surface area contributed by atoms with Crippen molar-refractivity contribution in [3.05, 3.63) is 94.5 Å². The van der Waals surface area contributed by atoms with E-state index in [1.165, 1.54) is 33.7 Å². The lowest BCUT2D eigenvalue weighted by Gasteiger charge is -2.40. The number of halogens is 3. The van der Waals surface area contributed by atoms with Crippen LogP contribution in [-0.4, -0.2) is 56.0 Å². The molecule has 3 aromatic heterocycles. The van der Waals surface area contributed by atoms with Crippen LogP contribution in [0.2, 0.25) is 0 Å². The molecule has 1 amide bonds. The van der Waals surface area contributed by atoms with E-state index < -0.39 is 35.1 Å². The smallest absolute Gasteiger partial charge is 0.350 e. The highest BCUT2D eigenvalue weighted by atomic mass is 19.1. The molecular weight excluding hydrogens is 581 g/mol. The van der Waals surface area contributed by atoms with E-state index in [0.29, 0.717) is 16.9 Å². The molecule has 1 aliphatic rings. The van der Waals surface area contributed by atoms with Gasteiger partial charge in [-0.05, 0) is 48.1 Å². The molecule has 234 valence electrons. The molecule has 11 heteroatoms. The highest BCUT2D eigenvalue weighted by Gasteiger charge is 2.32. The van der Waals surface area contributed by atoms with Gasteiger partial charge < -0.3 is 9.80 Å². The first kappa shape index (κ1) is 31.6. The van der Waals surface area contributed by atoms with Gasteiger partial charge in [-0.25, -0.2) is 27.5 Å². The molecule has 0 saturated carbocycles. The summed E-state index contributed by atoms with van der Waals surface area (Å²) in [6.45, 7) is 17.0. The Morgan fingerprint density at radius 1 is 1.07 bits per heavy atom. The molecule has 1 aliphatic heterocycles. The largest absolute Gasteiger partial charge is 0.355 e. The summed E-state index contributed by atoms with van der Waals surface area (Å²) in [6.07, 6.45) is 3.10. The predicted molar refractivity (Wildman–Crippen MR) is 170 cm³/mol. The van der Waals surface area contributed by atoms with Crippen LogP contribution in [0.1, 0.15) is 63.3 Å². The van der Waals surface area contributed by atoms with E-state index in [1.54, 1.807) is 24.1 Å². The molecule has 0 N–H and O–H groups in total. The topological polar surface area (TPSA) is 84.2 Å². The maximum Gasteiger partial charge on any atom is 0.355 e. The van der Waals surface area contributed by atoms with Crippen LogP contribution in [0.15, 0.2) is 60.3 Å². The standard InChI is InChI=1S/C34H35F3N6O2/c1-8-22-10-9-11-25(36)27(22)29-26(37)16-24-31(42-15-14-41(17-20(42)6)33(44)21(7)35)40-34(45)43(32(24)39-29)30-23(18(2)3)12-13-38-28(30)19(4)5/h8-13,16,18-20H,1,7,14-15,17H2,2-6H3/t20-/m0/s1. The van der Waals surface area contributed by atoms with Crippen molar-refractivity contribution in [1.29, 1.82) is 0 Å². The summed E-state index contributed by atoms with van der Waals surface area (Å²) in [5, 5.41) is 0.210. The number of piperazine rings is 1. The van der Waals surface area contributed by atoms with E-state index in [0.717, 1.165) is 5.56 Å². The van der Waals surface area contributed by atoms with Crippen LogP contribution in [0, 0.1) is 11.6 Å². The summed E-state index contributed by atoms with van der Waals surface area (Å²) in [5.41, 5.74) is 1.27. The van der Waals surface area contributed by atoms with Gasteiger partial charge >= 0.3 is 5.69 Å². The van der Waals surface area contributed by atoms with E-state index in [-0.39, 0.29) is 59.6 Å². The first-order valence-electron chi connectivity index (χ1n) is 14.8. The van der Waals surface area contributed by atoms with Gasteiger partial charge in [-0.3, -0.25) is 9.78 Å². The quantitative estimate of drug-likeness (QED) is 0.220. The number of carbonyl (C=O) groups is 1. The summed E-state index contributed by atoms with van der Waals surface area (Å²) >= 11 is 0. The fourth-order valence-electron chi connectivity index (χ4n) is 5.91. The Labute approximate surface area is 259 Å². The number of rotatable bonds is 7. The van der Waals surface area contributed by atoms with Crippen molar-refractivity contribution in [2.45, 2.75) is 52.5 Å². The number of hydrogen-bond acceptors (Lipinski definition) is 6. The lowest BCUT2D eigenvalue weighted by atomic mass is 9.97. The summed E-state index contributed by atoms with van der Waals surface area (Å²) in [4.78, 5) is 43.3. The van der Waals surface area contributed by atoms with Crippen molar-refractivity contribution in [3.63, 3.8) is 0 Å². The summed E-state index contributed by atoms with van der Waals surface area (Å²) in [7, 11) is 0. The summed E-state index contributed by atoms with van der Waals surface area (Å²) < 4.78 is 46.4. The Kier molecular flexibility index (Phi) is 8.64. The van der Waals surface area contributed by atoms with Crippen molar-refractivity contribution < 1.29 is 18.0 Å². The van der Waals surface area contributed by atoms with Crippen LogP contribution in [0.25, 0.3) is 34.1 Å². The molecule has 45 heavy (non-hydrogen) atoms. The van der Waals surface area contributed by atoms with Gasteiger partial charge in [0.25, 0.3) is 5.91 Å². The molecule has 4 aromatic rings. The van der Waals surface area contributed by atoms with Crippen molar-refractivity contribution in [1.82, 2.24) is 24.4 Å². The van der Waals surface area contributed by atoms with E-state index >= 15 is 8.78 Å². The maximum absolute atomic E-state index is 16.1. The third-order valence-electron chi connectivity index (χ3n) is 8.10. The third-order valence-corrected chi connectivity index (χ3v) is 8.10. The number of amides is 1. The van der Waals surface area contributed by atoms with Crippen LogP contribution >= 0.6 is 0 Å². The molecule has 0 radical (unpaired) electrons. The average molecular weight is 617 g/mol. The maximum atomic E-state index is 16.1. The van der Waals surface area contributed by atoms with Gasteiger partial charge in [-0.15, -0.1) is 0 Å². The molecule has 5 rings (SSSR count). The van der Waals surface area contributed by atoms with Gasteiger partial charge in [0.1, 0.15) is 17.3 Å². The first-order valence-corrected chi connectivity index (χ1v) is 14.8. The summed E-state index contributed by atoms with van der Waals surface area (Å²) in [6, 6.07) is 6.92. The zero-order valence-corrected chi connectivity index (χ0v) is 25.9. The highest BCUT2D eigenvalue weighted by Crippen LogP contribution is 2.36. The Balaban J connectivity index is 1.86. The van der Waals surface area contributed by atoms with Gasteiger partial charge in [-0.1, -0.05) is 59.1 Å². The predicted octanol–water partition coefficient (Wildman–Crippen LogP) is 6.53. The van der Waals surface area contributed by atoms with Gasteiger partial charge in [0.15, 0.2) is 17.3 Å². The molecule has 0 bridgehead atoms. The molecule has 1 atom stereocenters. The minimum Gasteiger partial charge on any atom is -0.350 e. The van der Waals surface area contributed by atoms with Crippen molar-refractivity contribution in [2.75, 3.05) is 24.5 Å². The monoisotopic (exact) mass is 616 g/mol. The second-order valence-electron chi connectivity index (χ2n) is 11.8. The average Bonchev–Trinajstić information content (AvgIpc) is 2.99. The lowest BCUT2D eigenvalue weighted by molar-refractivity contribution is -0.129. The van der Waals surface area contributed by atoms with Crippen LogP contribution in [0.3, 0.4) is 0 Å². The van der Waals surface area contributed by atoms with E-state index in [9.17, 15) is 14.0 Å². The van der Waals surface area contributed by atoms with Gasteiger partial charge in [0.2, 0.25) is 0 Å². The van der Waals surface area contributed by atoms with Gasteiger partial charge in [0.05, 0.1) is 16.8 Å². The molecule has 1 fully saturated rings. The van der Waals surface area contributed by atoms with Crippen LogP contribution in [-0.2, 0) is 4.79 Å². The van der Waals surface area contributed by atoms with Gasteiger partial charge in [0, 0.05) is 37.4 Å². The Bertz CT molecular complexity index is 1880. The Morgan fingerprint density at radius 2 is 1.80 bits per heavy atom. The minimum absolute atomic E-state index is 0.0307. The normalized spacial score (nSPS) is 15.3. The summed E-state index contributed by atoms with van der Waals surface area (Å²) in [5.74, 6) is -3.37. The zero-order valence-electron chi connectivity index (χ0n) is 25.9. The molecule has 0 spiro atoms. The zero-order chi connectivity index (χ0) is 32.7. The fraction of sp³-hybridized carbons (Fsp3) is 0.324. The molecular formula is C34H35F3N6O2. The van der Waals surface area contributed by atoms with Crippen LogP contribution in [0.4, 0.5) is 19.0 Å². The molecule has 4 heterocycles. The second-order valence-corrected chi connectivity index (χ2v) is 11.8. The Hall–Kier alpha value is -4.80. The molecule has 0 unspecified atom stereocenters. The molecule has 0 aliphatic carbocycles. The van der Waals surface area contributed by atoms with E-state index in [2.05, 4.69) is 28.1 Å². The number of anilines is 1. The van der Waals surface area contributed by atoms with Crippen LogP contribution < -0.4 is 10.6 Å². The fourth-order valence-corrected chi connectivity index (χ4v) is 5.91. The number of benzene rings is 1. The van der Waals surface area contributed by atoms with E-state index in [1.807, 2.05) is 33.8 Å². The second kappa shape index (κ2) is 12.3. The number of carbonyl (C=O) groups excluding carboxylic acids is 1. The number of nitrogens with zero attached hydrogens (tertiary/aromatic N) is 6. The van der Waals surface area contributed by atoms with E-state index in [4.69, 9.17) is 0 Å². The third kappa shape index (κ3) is 5.63. The van der Waals surface area contributed by atoms with Crippen molar-refractivity contribution in [3.8, 4) is 16.9 Å². The number of fused-ring (bicyclic) bond motifs is 1. The minimum atomic E-state index is -1.06. The molecule has 8 nitrogen and oxygen atoms in total. The van der Waals surface area contributed by atoms with Crippen molar-refractivity contribution in [2.24, 2.45) is 0 Å². The SMILES string of the molecule is C=Cc1cccc(F)c1-c1nc2c(cc1F)c(N1CCN(C(=O)C(=C)F)C[C@@H]1C)nc(=O)n2-c1c(C(C)C)ccnc1C(C)C. The van der Waals surface area contributed by atoms with Gasteiger partial charge in [-0.2, -0.15) is 4.98 Å².